The van der Waals surface area contributed by atoms with Crippen LogP contribution in [0.15, 0.2) is 40.6 Å². The summed E-state index contributed by atoms with van der Waals surface area (Å²) in [6.07, 6.45) is 0. The van der Waals surface area contributed by atoms with E-state index in [1.807, 2.05) is 36.5 Å². The van der Waals surface area contributed by atoms with Crippen LogP contribution in [0.2, 0.25) is 5.02 Å². The topological polar surface area (TPSA) is 49.4 Å². The van der Waals surface area contributed by atoms with Crippen molar-refractivity contribution < 1.29 is 8.42 Å². The van der Waals surface area contributed by atoms with Gasteiger partial charge in [0.15, 0.2) is 0 Å². The van der Waals surface area contributed by atoms with Gasteiger partial charge in [-0.3, -0.25) is 0 Å². The smallest absolute Gasteiger partial charge is 0.240 e. The van der Waals surface area contributed by atoms with Gasteiger partial charge in [-0.05, 0) is 50.2 Å². The minimum absolute atomic E-state index is 0.00531. The molecule has 2 rings (SSSR count). The van der Waals surface area contributed by atoms with Crippen molar-refractivity contribution in [2.45, 2.75) is 17.9 Å². The molecule has 1 atom stereocenters. The van der Waals surface area contributed by atoms with Gasteiger partial charge in [-0.1, -0.05) is 23.7 Å². The zero-order valence-corrected chi connectivity index (χ0v) is 15.1. The van der Waals surface area contributed by atoms with Gasteiger partial charge in [-0.25, -0.2) is 13.1 Å². The molecular formula is C15H19ClN2O2S2. The zero-order valence-electron chi connectivity index (χ0n) is 12.7. The highest BCUT2D eigenvalue weighted by Gasteiger charge is 2.22. The van der Waals surface area contributed by atoms with Crippen molar-refractivity contribution in [2.24, 2.45) is 0 Å². The summed E-state index contributed by atoms with van der Waals surface area (Å²) in [4.78, 5) is 3.35. The first-order valence-electron chi connectivity index (χ1n) is 6.77. The highest BCUT2D eigenvalue weighted by atomic mass is 35.5. The summed E-state index contributed by atoms with van der Waals surface area (Å²) >= 11 is 7.63. The molecule has 2 aromatic rings. The van der Waals surface area contributed by atoms with Gasteiger partial charge in [0.25, 0.3) is 0 Å². The number of thiophene rings is 1. The molecule has 0 bridgehead atoms. The molecule has 0 aliphatic carbocycles. The Labute approximate surface area is 140 Å². The van der Waals surface area contributed by atoms with Gasteiger partial charge in [-0.15, -0.1) is 11.3 Å². The summed E-state index contributed by atoms with van der Waals surface area (Å²) in [7, 11) is 0.278. The highest BCUT2D eigenvalue weighted by Crippen LogP contribution is 2.25. The fourth-order valence-corrected chi connectivity index (χ4v) is 4.62. The van der Waals surface area contributed by atoms with Crippen LogP contribution in [-0.4, -0.2) is 34.0 Å². The molecule has 120 valence electrons. The van der Waals surface area contributed by atoms with E-state index < -0.39 is 10.0 Å². The molecule has 0 radical (unpaired) electrons. The number of benzene rings is 1. The number of likely N-dealkylation sites (N-methyl/N-ethyl adjacent to an activating group) is 1. The Morgan fingerprint density at radius 2 is 2.00 bits per heavy atom. The summed E-state index contributed by atoms with van der Waals surface area (Å²) in [5, 5.41) is 2.44. The average molecular weight is 359 g/mol. The molecule has 4 nitrogen and oxygen atoms in total. The van der Waals surface area contributed by atoms with Crippen LogP contribution in [0.5, 0.6) is 0 Å². The van der Waals surface area contributed by atoms with Gasteiger partial charge >= 0.3 is 0 Å². The van der Waals surface area contributed by atoms with Gasteiger partial charge in [-0.2, -0.15) is 0 Å². The van der Waals surface area contributed by atoms with Crippen LogP contribution in [0.4, 0.5) is 0 Å². The van der Waals surface area contributed by atoms with Gasteiger partial charge < -0.3 is 4.90 Å². The molecular weight excluding hydrogens is 340 g/mol. The van der Waals surface area contributed by atoms with Crippen molar-refractivity contribution in [3.63, 3.8) is 0 Å². The molecule has 0 saturated carbocycles. The maximum Gasteiger partial charge on any atom is 0.240 e. The van der Waals surface area contributed by atoms with Crippen LogP contribution >= 0.6 is 22.9 Å². The summed E-state index contributed by atoms with van der Waals surface area (Å²) in [6, 6.07) is 8.87. The van der Waals surface area contributed by atoms with Crippen molar-refractivity contribution in [1.29, 1.82) is 0 Å². The number of hydrogen-bond donors (Lipinski definition) is 1. The maximum atomic E-state index is 12.5. The largest absolute Gasteiger partial charge is 0.300 e. The van der Waals surface area contributed by atoms with E-state index >= 15 is 0 Å². The van der Waals surface area contributed by atoms with Gasteiger partial charge in [0.2, 0.25) is 10.0 Å². The number of nitrogens with one attached hydrogen (secondary N) is 1. The van der Waals surface area contributed by atoms with E-state index in [2.05, 4.69) is 4.72 Å². The molecule has 22 heavy (non-hydrogen) atoms. The molecule has 1 unspecified atom stereocenters. The van der Waals surface area contributed by atoms with Crippen molar-refractivity contribution in [2.75, 3.05) is 20.6 Å². The molecule has 0 saturated heterocycles. The third-order valence-corrected chi connectivity index (χ3v) is 6.42. The molecule has 7 heteroatoms. The van der Waals surface area contributed by atoms with E-state index in [0.29, 0.717) is 17.1 Å². The fourth-order valence-electron chi connectivity index (χ4n) is 2.16. The van der Waals surface area contributed by atoms with E-state index in [0.717, 1.165) is 4.88 Å². The standard InChI is InChI=1S/C15H19ClN2O2S2/c1-11-12(16)6-4-8-15(11)22(19,20)17-10-13(18(2)3)14-7-5-9-21-14/h4-9,13,17H,10H2,1-3H3. The van der Waals surface area contributed by atoms with Gasteiger partial charge in [0, 0.05) is 16.4 Å². The first-order chi connectivity index (χ1) is 10.3. The number of nitrogens with zero attached hydrogens (tertiary/aromatic N) is 1. The Bertz CT molecular complexity index is 728. The van der Waals surface area contributed by atoms with Crippen LogP contribution in [-0.2, 0) is 10.0 Å². The molecule has 1 aromatic carbocycles. The quantitative estimate of drug-likeness (QED) is 0.862. The van der Waals surface area contributed by atoms with Crippen LogP contribution in [0.3, 0.4) is 0 Å². The lowest BCUT2D eigenvalue weighted by atomic mass is 10.2. The lowest BCUT2D eigenvalue weighted by molar-refractivity contribution is 0.303. The van der Waals surface area contributed by atoms with E-state index in [1.54, 1.807) is 36.5 Å². The minimum Gasteiger partial charge on any atom is -0.300 e. The minimum atomic E-state index is -3.59. The first kappa shape index (κ1) is 17.4. The lowest BCUT2D eigenvalue weighted by Gasteiger charge is -2.23. The van der Waals surface area contributed by atoms with E-state index in [9.17, 15) is 8.42 Å². The summed E-state index contributed by atoms with van der Waals surface area (Å²) < 4.78 is 27.7. The van der Waals surface area contributed by atoms with Crippen molar-refractivity contribution >= 4 is 33.0 Å². The zero-order chi connectivity index (χ0) is 16.3. The fraction of sp³-hybridized carbons (Fsp3) is 0.333. The van der Waals surface area contributed by atoms with Crippen LogP contribution in [0.25, 0.3) is 0 Å². The number of rotatable bonds is 6. The Morgan fingerprint density at radius 3 is 2.59 bits per heavy atom. The Kier molecular flexibility index (Phi) is 5.63. The predicted octanol–water partition coefficient (Wildman–Crippen LogP) is 3.29. The van der Waals surface area contributed by atoms with Crippen molar-refractivity contribution in [3.05, 3.63) is 51.2 Å². The van der Waals surface area contributed by atoms with Gasteiger partial charge in [0.05, 0.1) is 10.9 Å². The molecule has 0 aliphatic rings. The average Bonchev–Trinajstić information content (AvgIpc) is 2.95. The Balaban J connectivity index is 2.20. The van der Waals surface area contributed by atoms with Crippen LogP contribution < -0.4 is 4.72 Å². The third-order valence-electron chi connectivity index (χ3n) is 3.47. The lowest BCUT2D eigenvalue weighted by Crippen LogP contribution is -2.34. The molecule has 1 N–H and O–H groups in total. The molecule has 1 heterocycles. The maximum absolute atomic E-state index is 12.5. The number of sulfonamides is 1. The third kappa shape index (κ3) is 3.88. The SMILES string of the molecule is Cc1c(Cl)cccc1S(=O)(=O)NCC(c1cccs1)N(C)C. The van der Waals surface area contributed by atoms with Crippen LogP contribution in [0.1, 0.15) is 16.5 Å². The molecule has 0 aliphatic heterocycles. The monoisotopic (exact) mass is 358 g/mol. The van der Waals surface area contributed by atoms with E-state index in [-0.39, 0.29) is 10.9 Å². The highest BCUT2D eigenvalue weighted by molar-refractivity contribution is 7.89. The first-order valence-corrected chi connectivity index (χ1v) is 9.51. The molecule has 0 amide bonds. The van der Waals surface area contributed by atoms with Crippen molar-refractivity contribution in [1.82, 2.24) is 9.62 Å². The molecule has 1 aromatic heterocycles. The molecule has 0 fully saturated rings. The van der Waals surface area contributed by atoms with Crippen LogP contribution in [0, 0.1) is 6.92 Å². The normalized spacial score (nSPS) is 13.5. The van der Waals surface area contributed by atoms with Gasteiger partial charge in [0.1, 0.15) is 0 Å². The number of halogens is 1. The van der Waals surface area contributed by atoms with E-state index in [4.69, 9.17) is 11.6 Å². The van der Waals surface area contributed by atoms with E-state index in [1.165, 1.54) is 0 Å². The second-order valence-corrected chi connectivity index (χ2v) is 8.33. The number of hydrogen-bond acceptors (Lipinski definition) is 4. The van der Waals surface area contributed by atoms with Crippen molar-refractivity contribution in [3.8, 4) is 0 Å². The second kappa shape index (κ2) is 7.10. The summed E-state index contributed by atoms with van der Waals surface area (Å²) in [6.45, 7) is 2.02. The summed E-state index contributed by atoms with van der Waals surface area (Å²) in [5.74, 6) is 0. The predicted molar refractivity (Wildman–Crippen MR) is 92.1 cm³/mol. The summed E-state index contributed by atoms with van der Waals surface area (Å²) in [5.41, 5.74) is 0.564. The molecule has 0 spiro atoms. The Morgan fingerprint density at radius 1 is 1.27 bits per heavy atom. The second-order valence-electron chi connectivity index (χ2n) is 5.21. The Hall–Kier alpha value is -0.920.